The van der Waals surface area contributed by atoms with E-state index >= 15 is 0 Å². The highest BCUT2D eigenvalue weighted by atomic mass is 32.1. The van der Waals surface area contributed by atoms with Gasteiger partial charge in [0.15, 0.2) is 0 Å². The van der Waals surface area contributed by atoms with Crippen LogP contribution in [0.1, 0.15) is 36.3 Å². The zero-order chi connectivity index (χ0) is 17.7. The largest absolute Gasteiger partial charge is 0.444 e. The highest BCUT2D eigenvalue weighted by Crippen LogP contribution is 2.22. The lowest BCUT2D eigenvalue weighted by Gasteiger charge is -2.19. The Balaban J connectivity index is 1.77. The molecule has 2 aromatic heterocycles. The van der Waals surface area contributed by atoms with E-state index in [1.54, 1.807) is 44.4 Å². The molecule has 0 aromatic carbocycles. The number of aryl methyl sites for hydroxylation is 1. The van der Waals surface area contributed by atoms with Crippen molar-refractivity contribution in [2.24, 2.45) is 0 Å². The van der Waals surface area contributed by atoms with Gasteiger partial charge in [0.2, 0.25) is 0 Å². The average molecular weight is 350 g/mol. The average Bonchev–Trinajstić information content (AvgIpc) is 3.10. The van der Waals surface area contributed by atoms with Crippen LogP contribution in [0.4, 0.5) is 4.79 Å². The maximum absolute atomic E-state index is 12.1. The second-order valence-electron chi connectivity index (χ2n) is 6.24. The van der Waals surface area contributed by atoms with E-state index in [1.807, 2.05) is 12.3 Å². The van der Waals surface area contributed by atoms with Crippen LogP contribution in [0.2, 0.25) is 0 Å². The number of carbonyl (C=O) groups is 2. The van der Waals surface area contributed by atoms with Gasteiger partial charge >= 0.3 is 6.09 Å². The summed E-state index contributed by atoms with van der Waals surface area (Å²) in [5.74, 6) is -0.237. The Morgan fingerprint density at radius 3 is 2.62 bits per heavy atom. The Labute approximate surface area is 144 Å². The molecule has 0 aliphatic rings. The fourth-order valence-corrected chi connectivity index (χ4v) is 2.54. The molecule has 7 nitrogen and oxygen atoms in total. The zero-order valence-corrected chi connectivity index (χ0v) is 15.0. The minimum atomic E-state index is -0.540. The number of nitrogens with zero attached hydrogens (tertiary/aromatic N) is 1. The Kier molecular flexibility index (Phi) is 5.61. The maximum Gasteiger partial charge on any atom is 0.407 e. The van der Waals surface area contributed by atoms with Crippen molar-refractivity contribution in [1.82, 2.24) is 20.6 Å². The molecule has 0 bridgehead atoms. The standard InChI is InChI=1S/C16H22N4O3S/c1-10-20-13(9-24-10)11-7-12(19-8-11)14(21)17-5-6-18-15(22)23-16(2,3)4/h7-9,19H,5-6H2,1-4H3,(H,17,21)(H,18,22). The van der Waals surface area contributed by atoms with Crippen LogP contribution in [-0.4, -0.2) is 40.7 Å². The van der Waals surface area contributed by atoms with Crippen LogP contribution in [0.25, 0.3) is 11.3 Å². The number of amides is 2. The minimum absolute atomic E-state index is 0.237. The van der Waals surface area contributed by atoms with Crippen molar-refractivity contribution in [3.63, 3.8) is 0 Å². The van der Waals surface area contributed by atoms with Crippen molar-refractivity contribution >= 4 is 23.3 Å². The van der Waals surface area contributed by atoms with Gasteiger partial charge in [-0.15, -0.1) is 11.3 Å². The molecule has 130 valence electrons. The van der Waals surface area contributed by atoms with Gasteiger partial charge in [-0.1, -0.05) is 0 Å². The summed E-state index contributed by atoms with van der Waals surface area (Å²) in [6, 6.07) is 1.76. The van der Waals surface area contributed by atoms with Crippen LogP contribution in [0.3, 0.4) is 0 Å². The number of carbonyl (C=O) groups excluding carboxylic acids is 2. The lowest BCUT2D eigenvalue weighted by atomic mass is 10.2. The van der Waals surface area contributed by atoms with Crippen LogP contribution >= 0.6 is 11.3 Å². The van der Waals surface area contributed by atoms with Crippen molar-refractivity contribution in [1.29, 1.82) is 0 Å². The van der Waals surface area contributed by atoms with E-state index in [4.69, 9.17) is 4.74 Å². The summed E-state index contributed by atoms with van der Waals surface area (Å²) in [7, 11) is 0. The van der Waals surface area contributed by atoms with Crippen LogP contribution in [0.15, 0.2) is 17.6 Å². The van der Waals surface area contributed by atoms with Crippen molar-refractivity contribution in [2.45, 2.75) is 33.3 Å². The van der Waals surface area contributed by atoms with E-state index < -0.39 is 11.7 Å². The van der Waals surface area contributed by atoms with Crippen molar-refractivity contribution in [3.05, 3.63) is 28.3 Å². The summed E-state index contributed by atoms with van der Waals surface area (Å²) in [6.07, 6.45) is 1.25. The van der Waals surface area contributed by atoms with Gasteiger partial charge in [-0.05, 0) is 33.8 Å². The third kappa shape index (κ3) is 5.38. The van der Waals surface area contributed by atoms with Gasteiger partial charge in [-0.2, -0.15) is 0 Å². The molecule has 0 aliphatic heterocycles. The van der Waals surface area contributed by atoms with E-state index in [0.29, 0.717) is 18.8 Å². The summed E-state index contributed by atoms with van der Waals surface area (Å²) in [5.41, 5.74) is 1.63. The van der Waals surface area contributed by atoms with Gasteiger partial charge < -0.3 is 20.4 Å². The van der Waals surface area contributed by atoms with Crippen LogP contribution in [0, 0.1) is 6.92 Å². The lowest BCUT2D eigenvalue weighted by Crippen LogP contribution is -2.37. The molecule has 24 heavy (non-hydrogen) atoms. The number of rotatable bonds is 5. The molecule has 0 aliphatic carbocycles. The van der Waals surface area contributed by atoms with Crippen molar-refractivity contribution in [2.75, 3.05) is 13.1 Å². The van der Waals surface area contributed by atoms with E-state index in [0.717, 1.165) is 16.3 Å². The van der Waals surface area contributed by atoms with E-state index in [-0.39, 0.29) is 5.91 Å². The first-order valence-electron chi connectivity index (χ1n) is 7.60. The first kappa shape index (κ1) is 18.0. The number of H-pyrrole nitrogens is 1. The fourth-order valence-electron chi connectivity index (χ4n) is 1.92. The molecule has 0 radical (unpaired) electrons. The highest BCUT2D eigenvalue weighted by Gasteiger charge is 2.15. The van der Waals surface area contributed by atoms with Crippen LogP contribution in [0.5, 0.6) is 0 Å². The van der Waals surface area contributed by atoms with Gasteiger partial charge in [-0.3, -0.25) is 4.79 Å². The highest BCUT2D eigenvalue weighted by molar-refractivity contribution is 7.09. The summed E-state index contributed by atoms with van der Waals surface area (Å²) in [4.78, 5) is 30.9. The maximum atomic E-state index is 12.1. The number of ether oxygens (including phenoxy) is 1. The zero-order valence-electron chi connectivity index (χ0n) is 14.2. The van der Waals surface area contributed by atoms with Crippen LogP contribution in [-0.2, 0) is 4.74 Å². The molecule has 3 N–H and O–H groups in total. The molecule has 0 atom stereocenters. The number of nitrogens with one attached hydrogen (secondary N) is 3. The molecular weight excluding hydrogens is 328 g/mol. The van der Waals surface area contributed by atoms with Crippen LogP contribution < -0.4 is 10.6 Å². The number of alkyl carbamates (subject to hydrolysis) is 1. The van der Waals surface area contributed by atoms with Gasteiger partial charge in [0.1, 0.15) is 11.3 Å². The Morgan fingerprint density at radius 1 is 1.29 bits per heavy atom. The Hall–Kier alpha value is -2.35. The van der Waals surface area contributed by atoms with Gasteiger partial charge in [0, 0.05) is 30.2 Å². The smallest absolute Gasteiger partial charge is 0.407 e. The molecule has 0 saturated heterocycles. The second kappa shape index (κ2) is 7.48. The van der Waals surface area contributed by atoms with E-state index in [2.05, 4.69) is 20.6 Å². The number of hydrogen-bond acceptors (Lipinski definition) is 5. The number of aromatic amines is 1. The molecule has 2 aromatic rings. The molecule has 0 saturated carbocycles. The SMILES string of the molecule is Cc1nc(-c2c[nH]c(C(=O)NCCNC(=O)OC(C)(C)C)c2)cs1. The minimum Gasteiger partial charge on any atom is -0.444 e. The molecule has 2 heterocycles. The molecule has 2 amide bonds. The fraction of sp³-hybridized carbons (Fsp3) is 0.438. The molecule has 2 rings (SSSR count). The Bertz CT molecular complexity index is 715. The number of thiazole rings is 1. The van der Waals surface area contributed by atoms with Gasteiger partial charge in [-0.25, -0.2) is 9.78 Å². The predicted octanol–water partition coefficient (Wildman–Crippen LogP) is 2.70. The number of hydrogen-bond donors (Lipinski definition) is 3. The molecule has 0 unspecified atom stereocenters. The van der Waals surface area contributed by atoms with Gasteiger partial charge in [0.05, 0.1) is 10.7 Å². The first-order valence-corrected chi connectivity index (χ1v) is 8.48. The summed E-state index contributed by atoms with van der Waals surface area (Å²) in [5, 5.41) is 8.24. The second-order valence-corrected chi connectivity index (χ2v) is 7.30. The van der Waals surface area contributed by atoms with Crippen molar-refractivity contribution < 1.29 is 14.3 Å². The topological polar surface area (TPSA) is 96.1 Å². The van der Waals surface area contributed by atoms with E-state index in [1.165, 1.54) is 0 Å². The molecule has 0 spiro atoms. The van der Waals surface area contributed by atoms with E-state index in [9.17, 15) is 9.59 Å². The first-order chi connectivity index (χ1) is 11.2. The molecule has 8 heteroatoms. The summed E-state index contributed by atoms with van der Waals surface area (Å²) in [6.45, 7) is 7.91. The third-order valence-corrected chi connectivity index (χ3v) is 3.69. The monoisotopic (exact) mass is 350 g/mol. The predicted molar refractivity (Wildman–Crippen MR) is 93.2 cm³/mol. The Morgan fingerprint density at radius 2 is 2.00 bits per heavy atom. The van der Waals surface area contributed by atoms with Crippen molar-refractivity contribution in [3.8, 4) is 11.3 Å². The normalized spacial score (nSPS) is 11.2. The number of aromatic nitrogens is 2. The third-order valence-electron chi connectivity index (χ3n) is 2.92. The summed E-state index contributed by atoms with van der Waals surface area (Å²) < 4.78 is 5.11. The van der Waals surface area contributed by atoms with Gasteiger partial charge in [0.25, 0.3) is 5.91 Å². The molecule has 0 fully saturated rings. The molecular formula is C16H22N4O3S. The lowest BCUT2D eigenvalue weighted by molar-refractivity contribution is 0.0526. The quantitative estimate of drug-likeness (QED) is 0.722. The summed E-state index contributed by atoms with van der Waals surface area (Å²) >= 11 is 1.56.